The standard InChI is InChI=1S/C14H15FN2O2S/c1-9(2)19-13(18)8-20-14-16-7-12(17-14)10-3-5-11(15)6-4-10/h3-7,9H,8H2,1-2H3,(H,16,17). The van der Waals surface area contributed by atoms with E-state index in [1.165, 1.54) is 23.9 Å². The fourth-order valence-electron chi connectivity index (χ4n) is 1.58. The third-order valence-electron chi connectivity index (χ3n) is 2.40. The van der Waals surface area contributed by atoms with E-state index >= 15 is 0 Å². The molecule has 0 saturated heterocycles. The maximum atomic E-state index is 12.8. The first-order valence-electron chi connectivity index (χ1n) is 6.18. The van der Waals surface area contributed by atoms with Crippen LogP contribution in [0.1, 0.15) is 13.8 Å². The van der Waals surface area contributed by atoms with Crippen LogP contribution in [-0.4, -0.2) is 27.8 Å². The number of hydrogen-bond donors (Lipinski definition) is 1. The highest BCUT2D eigenvalue weighted by molar-refractivity contribution is 7.99. The molecule has 1 heterocycles. The minimum absolute atomic E-state index is 0.116. The van der Waals surface area contributed by atoms with Crippen molar-refractivity contribution in [3.63, 3.8) is 0 Å². The van der Waals surface area contributed by atoms with E-state index in [4.69, 9.17) is 4.74 Å². The molecule has 0 spiro atoms. The molecule has 1 aromatic carbocycles. The Morgan fingerprint density at radius 3 is 2.75 bits per heavy atom. The molecule has 0 unspecified atom stereocenters. The topological polar surface area (TPSA) is 55.0 Å². The molecule has 0 atom stereocenters. The van der Waals surface area contributed by atoms with Crippen molar-refractivity contribution in [1.29, 1.82) is 0 Å². The fourth-order valence-corrected chi connectivity index (χ4v) is 2.21. The number of rotatable bonds is 5. The smallest absolute Gasteiger partial charge is 0.316 e. The van der Waals surface area contributed by atoms with Crippen molar-refractivity contribution < 1.29 is 13.9 Å². The summed E-state index contributed by atoms with van der Waals surface area (Å²) in [7, 11) is 0. The van der Waals surface area contributed by atoms with Crippen LogP contribution in [0.5, 0.6) is 0 Å². The molecule has 1 N–H and O–H groups in total. The molecule has 1 aromatic heterocycles. The van der Waals surface area contributed by atoms with Crippen molar-refractivity contribution in [3.05, 3.63) is 36.3 Å². The van der Waals surface area contributed by atoms with Gasteiger partial charge in [0, 0.05) is 0 Å². The Balaban J connectivity index is 1.95. The Bertz CT molecular complexity index is 581. The van der Waals surface area contributed by atoms with Gasteiger partial charge in [0.05, 0.1) is 23.7 Å². The quantitative estimate of drug-likeness (QED) is 0.679. The largest absolute Gasteiger partial charge is 0.462 e. The van der Waals surface area contributed by atoms with Gasteiger partial charge in [-0.2, -0.15) is 0 Å². The van der Waals surface area contributed by atoms with Gasteiger partial charge in [-0.05, 0) is 43.7 Å². The molecule has 6 heteroatoms. The molecule has 0 aliphatic heterocycles. The van der Waals surface area contributed by atoms with E-state index in [0.29, 0.717) is 5.16 Å². The van der Waals surface area contributed by atoms with Crippen LogP contribution < -0.4 is 0 Å². The average Bonchev–Trinajstić information content (AvgIpc) is 2.85. The molecule has 0 fully saturated rings. The Labute approximate surface area is 120 Å². The highest BCUT2D eigenvalue weighted by atomic mass is 32.2. The lowest BCUT2D eigenvalue weighted by Gasteiger charge is -2.06. The van der Waals surface area contributed by atoms with Crippen LogP contribution in [0.15, 0.2) is 35.6 Å². The zero-order chi connectivity index (χ0) is 14.5. The SMILES string of the molecule is CC(C)OC(=O)CSc1ncc(-c2ccc(F)cc2)[nH]1. The zero-order valence-electron chi connectivity index (χ0n) is 11.2. The molecular formula is C14H15FN2O2S. The van der Waals surface area contributed by atoms with Crippen molar-refractivity contribution in [2.75, 3.05) is 5.75 Å². The van der Waals surface area contributed by atoms with E-state index in [1.807, 2.05) is 13.8 Å². The normalized spacial score (nSPS) is 10.8. The lowest BCUT2D eigenvalue weighted by molar-refractivity contribution is -0.144. The molecule has 4 nitrogen and oxygen atoms in total. The summed E-state index contributed by atoms with van der Waals surface area (Å²) in [5, 5.41) is 0.630. The van der Waals surface area contributed by atoms with Crippen molar-refractivity contribution in [2.45, 2.75) is 25.1 Å². The predicted molar refractivity (Wildman–Crippen MR) is 75.9 cm³/mol. The summed E-state index contributed by atoms with van der Waals surface area (Å²) < 4.78 is 17.9. The third kappa shape index (κ3) is 4.09. The van der Waals surface area contributed by atoms with Crippen LogP contribution in [0.25, 0.3) is 11.3 Å². The van der Waals surface area contributed by atoms with Crippen LogP contribution in [0.4, 0.5) is 4.39 Å². The van der Waals surface area contributed by atoms with Crippen molar-refractivity contribution in [1.82, 2.24) is 9.97 Å². The van der Waals surface area contributed by atoms with E-state index in [0.717, 1.165) is 11.3 Å². The van der Waals surface area contributed by atoms with E-state index in [9.17, 15) is 9.18 Å². The van der Waals surface area contributed by atoms with E-state index in [2.05, 4.69) is 9.97 Å². The number of imidazole rings is 1. The van der Waals surface area contributed by atoms with Gasteiger partial charge >= 0.3 is 5.97 Å². The molecule has 0 bridgehead atoms. The van der Waals surface area contributed by atoms with Crippen LogP contribution in [0.2, 0.25) is 0 Å². The highest BCUT2D eigenvalue weighted by Crippen LogP contribution is 2.21. The number of esters is 1. The van der Waals surface area contributed by atoms with Gasteiger partial charge in [-0.25, -0.2) is 9.37 Å². The van der Waals surface area contributed by atoms with Gasteiger partial charge in [0.1, 0.15) is 5.82 Å². The molecule has 0 saturated carbocycles. The van der Waals surface area contributed by atoms with Crippen molar-refractivity contribution in [2.24, 2.45) is 0 Å². The van der Waals surface area contributed by atoms with Gasteiger partial charge in [-0.1, -0.05) is 11.8 Å². The molecule has 0 aliphatic rings. The second-order valence-corrected chi connectivity index (χ2v) is 5.40. The van der Waals surface area contributed by atoms with Crippen LogP contribution in [0.3, 0.4) is 0 Å². The van der Waals surface area contributed by atoms with Crippen LogP contribution >= 0.6 is 11.8 Å². The molecule has 2 aromatic rings. The zero-order valence-corrected chi connectivity index (χ0v) is 12.0. The Hall–Kier alpha value is -1.82. The maximum Gasteiger partial charge on any atom is 0.316 e. The molecule has 0 radical (unpaired) electrons. The summed E-state index contributed by atoms with van der Waals surface area (Å²) in [4.78, 5) is 18.7. The first kappa shape index (κ1) is 14.6. The number of carbonyl (C=O) groups is 1. The monoisotopic (exact) mass is 294 g/mol. The van der Waals surface area contributed by atoms with Gasteiger partial charge in [0.2, 0.25) is 0 Å². The van der Waals surface area contributed by atoms with Crippen molar-refractivity contribution in [3.8, 4) is 11.3 Å². The lowest BCUT2D eigenvalue weighted by Crippen LogP contribution is -2.13. The molecule has 2 rings (SSSR count). The molecule has 106 valence electrons. The molecule has 20 heavy (non-hydrogen) atoms. The summed E-state index contributed by atoms with van der Waals surface area (Å²) >= 11 is 1.27. The second-order valence-electron chi connectivity index (χ2n) is 4.44. The number of carbonyl (C=O) groups excluding carboxylic acids is 1. The molecular weight excluding hydrogens is 279 g/mol. The fraction of sp³-hybridized carbons (Fsp3) is 0.286. The van der Waals surface area contributed by atoms with E-state index in [-0.39, 0.29) is 23.6 Å². The summed E-state index contributed by atoms with van der Waals surface area (Å²) in [5.41, 5.74) is 1.63. The van der Waals surface area contributed by atoms with Crippen LogP contribution in [-0.2, 0) is 9.53 Å². The number of aromatic amines is 1. The van der Waals surface area contributed by atoms with Crippen LogP contribution in [0, 0.1) is 5.82 Å². The summed E-state index contributed by atoms with van der Waals surface area (Å²) in [5.74, 6) is -0.349. The van der Waals surface area contributed by atoms with Crippen molar-refractivity contribution >= 4 is 17.7 Å². The van der Waals surface area contributed by atoms with Gasteiger partial charge < -0.3 is 9.72 Å². The predicted octanol–water partition coefficient (Wildman–Crippen LogP) is 3.26. The highest BCUT2D eigenvalue weighted by Gasteiger charge is 2.09. The number of halogens is 1. The number of aromatic nitrogens is 2. The number of hydrogen-bond acceptors (Lipinski definition) is 4. The number of benzene rings is 1. The lowest BCUT2D eigenvalue weighted by atomic mass is 10.2. The average molecular weight is 294 g/mol. The maximum absolute atomic E-state index is 12.8. The number of thioether (sulfide) groups is 1. The molecule has 0 aliphatic carbocycles. The Morgan fingerprint density at radius 1 is 1.40 bits per heavy atom. The summed E-state index contributed by atoms with van der Waals surface area (Å²) in [6.45, 7) is 3.62. The first-order valence-corrected chi connectivity index (χ1v) is 7.16. The van der Waals surface area contributed by atoms with Gasteiger partial charge in [-0.3, -0.25) is 4.79 Å². The first-order chi connectivity index (χ1) is 9.54. The Kier molecular flexibility index (Phi) is 4.79. The van der Waals surface area contributed by atoms with E-state index < -0.39 is 0 Å². The second kappa shape index (κ2) is 6.56. The van der Waals surface area contributed by atoms with Gasteiger partial charge in [-0.15, -0.1) is 0 Å². The number of ether oxygens (including phenoxy) is 1. The number of nitrogens with zero attached hydrogens (tertiary/aromatic N) is 1. The third-order valence-corrected chi connectivity index (χ3v) is 3.26. The minimum Gasteiger partial charge on any atom is -0.462 e. The molecule has 0 amide bonds. The van der Waals surface area contributed by atoms with E-state index in [1.54, 1.807) is 18.3 Å². The summed E-state index contributed by atoms with van der Waals surface area (Å²) in [6, 6.07) is 6.13. The Morgan fingerprint density at radius 2 is 2.10 bits per heavy atom. The number of nitrogens with one attached hydrogen (secondary N) is 1. The summed E-state index contributed by atoms with van der Waals surface area (Å²) in [6.07, 6.45) is 1.54. The van der Waals surface area contributed by atoms with Gasteiger partial charge in [0.25, 0.3) is 0 Å². The minimum atomic E-state index is -0.278. The van der Waals surface area contributed by atoms with Gasteiger partial charge in [0.15, 0.2) is 5.16 Å². The number of H-pyrrole nitrogens is 1.